The SMILES string of the molecule is O=C(CNc1ccccc1Cl)NCc1ccc(CN2CCCCC2)cc1. The van der Waals surface area contributed by atoms with Crippen molar-refractivity contribution in [1.29, 1.82) is 0 Å². The first kappa shape index (κ1) is 18.7. The standard InChI is InChI=1S/C21H26ClN3O/c22-19-6-2-3-7-20(19)23-15-21(26)24-14-17-8-10-18(11-9-17)16-25-12-4-1-5-13-25/h2-3,6-11,23H,1,4-5,12-16H2,(H,24,26). The van der Waals surface area contributed by atoms with Crippen molar-refractivity contribution in [1.82, 2.24) is 10.2 Å². The molecule has 2 aromatic rings. The van der Waals surface area contributed by atoms with Crippen LogP contribution in [0, 0.1) is 0 Å². The van der Waals surface area contributed by atoms with Crippen LogP contribution in [0.15, 0.2) is 48.5 Å². The molecule has 1 saturated heterocycles. The van der Waals surface area contributed by atoms with Gasteiger partial charge in [-0.25, -0.2) is 0 Å². The first-order valence-corrected chi connectivity index (χ1v) is 9.64. The number of carbonyl (C=O) groups is 1. The topological polar surface area (TPSA) is 44.4 Å². The van der Waals surface area contributed by atoms with Crippen LogP contribution in [0.3, 0.4) is 0 Å². The van der Waals surface area contributed by atoms with Crippen molar-refractivity contribution < 1.29 is 4.79 Å². The van der Waals surface area contributed by atoms with Crippen molar-refractivity contribution in [3.05, 3.63) is 64.7 Å². The predicted molar refractivity (Wildman–Crippen MR) is 107 cm³/mol. The maximum absolute atomic E-state index is 12.0. The zero-order valence-corrected chi connectivity index (χ0v) is 15.8. The highest BCUT2D eigenvalue weighted by Gasteiger charge is 2.10. The van der Waals surface area contributed by atoms with E-state index in [1.165, 1.54) is 37.9 Å². The Hall–Kier alpha value is -2.04. The molecular weight excluding hydrogens is 346 g/mol. The number of nitrogens with zero attached hydrogens (tertiary/aromatic N) is 1. The van der Waals surface area contributed by atoms with E-state index in [9.17, 15) is 4.79 Å². The van der Waals surface area contributed by atoms with E-state index in [-0.39, 0.29) is 12.5 Å². The van der Waals surface area contributed by atoms with Crippen molar-refractivity contribution in [2.24, 2.45) is 0 Å². The molecule has 0 bridgehead atoms. The lowest BCUT2D eigenvalue weighted by Gasteiger charge is -2.26. The first-order chi connectivity index (χ1) is 12.7. The number of amides is 1. The van der Waals surface area contributed by atoms with Gasteiger partial charge in [0.1, 0.15) is 0 Å². The minimum Gasteiger partial charge on any atom is -0.375 e. The van der Waals surface area contributed by atoms with E-state index in [1.54, 1.807) is 6.07 Å². The van der Waals surface area contributed by atoms with Gasteiger partial charge in [0.25, 0.3) is 0 Å². The number of carbonyl (C=O) groups excluding carboxylic acids is 1. The van der Waals surface area contributed by atoms with Crippen LogP contribution in [0.1, 0.15) is 30.4 Å². The molecule has 1 fully saturated rings. The largest absolute Gasteiger partial charge is 0.375 e. The van der Waals surface area contributed by atoms with Gasteiger partial charge in [-0.2, -0.15) is 0 Å². The summed E-state index contributed by atoms with van der Waals surface area (Å²) in [6.45, 7) is 4.17. The summed E-state index contributed by atoms with van der Waals surface area (Å²) in [5.41, 5.74) is 3.22. The Bertz CT molecular complexity index is 711. The quantitative estimate of drug-likeness (QED) is 0.771. The first-order valence-electron chi connectivity index (χ1n) is 9.26. The molecule has 4 nitrogen and oxygen atoms in total. The minimum absolute atomic E-state index is 0.0534. The fraction of sp³-hybridized carbons (Fsp3) is 0.381. The Balaban J connectivity index is 1.41. The highest BCUT2D eigenvalue weighted by molar-refractivity contribution is 6.33. The molecule has 3 rings (SSSR count). The van der Waals surface area contributed by atoms with E-state index in [0.717, 1.165) is 17.8 Å². The van der Waals surface area contributed by atoms with Crippen LogP contribution in [-0.2, 0) is 17.9 Å². The van der Waals surface area contributed by atoms with Crippen LogP contribution in [0.2, 0.25) is 5.02 Å². The minimum atomic E-state index is -0.0534. The van der Waals surface area contributed by atoms with E-state index in [4.69, 9.17) is 11.6 Å². The Morgan fingerprint density at radius 3 is 2.38 bits per heavy atom. The number of rotatable bonds is 7. The number of likely N-dealkylation sites (tertiary alicyclic amines) is 1. The molecule has 0 spiro atoms. The zero-order valence-electron chi connectivity index (χ0n) is 15.0. The van der Waals surface area contributed by atoms with Crippen LogP contribution in [0.4, 0.5) is 5.69 Å². The van der Waals surface area contributed by atoms with Gasteiger partial charge in [0.05, 0.1) is 17.3 Å². The fourth-order valence-electron chi connectivity index (χ4n) is 3.18. The second-order valence-electron chi connectivity index (χ2n) is 6.76. The number of nitrogens with one attached hydrogen (secondary N) is 2. The summed E-state index contributed by atoms with van der Waals surface area (Å²) in [6, 6.07) is 15.9. The summed E-state index contributed by atoms with van der Waals surface area (Å²) >= 11 is 6.07. The monoisotopic (exact) mass is 371 g/mol. The summed E-state index contributed by atoms with van der Waals surface area (Å²) in [5, 5.41) is 6.60. The van der Waals surface area contributed by atoms with Gasteiger partial charge < -0.3 is 10.6 Å². The average molecular weight is 372 g/mol. The van der Waals surface area contributed by atoms with E-state index in [2.05, 4.69) is 39.8 Å². The molecule has 1 aliphatic rings. The molecule has 0 saturated carbocycles. The van der Waals surface area contributed by atoms with Crippen LogP contribution >= 0.6 is 11.6 Å². The molecule has 0 aliphatic carbocycles. The van der Waals surface area contributed by atoms with Crippen LogP contribution in [-0.4, -0.2) is 30.4 Å². The van der Waals surface area contributed by atoms with E-state index >= 15 is 0 Å². The summed E-state index contributed by atoms with van der Waals surface area (Å²) in [7, 11) is 0. The van der Waals surface area contributed by atoms with Gasteiger partial charge >= 0.3 is 0 Å². The highest BCUT2D eigenvalue weighted by atomic mass is 35.5. The molecule has 26 heavy (non-hydrogen) atoms. The van der Waals surface area contributed by atoms with Crippen molar-refractivity contribution in [2.75, 3.05) is 25.0 Å². The second-order valence-corrected chi connectivity index (χ2v) is 7.17. The maximum atomic E-state index is 12.0. The Kier molecular flexibility index (Phi) is 6.92. The van der Waals surface area contributed by atoms with E-state index < -0.39 is 0 Å². The highest BCUT2D eigenvalue weighted by Crippen LogP contribution is 2.19. The van der Waals surface area contributed by atoms with Gasteiger partial charge in [-0.3, -0.25) is 9.69 Å². The van der Waals surface area contributed by atoms with Gasteiger partial charge in [0.2, 0.25) is 5.91 Å². The lowest BCUT2D eigenvalue weighted by molar-refractivity contribution is -0.119. The number of hydrogen-bond acceptors (Lipinski definition) is 3. The summed E-state index contributed by atoms with van der Waals surface area (Å²) in [5.74, 6) is -0.0534. The fourth-order valence-corrected chi connectivity index (χ4v) is 3.38. The number of halogens is 1. The second kappa shape index (κ2) is 9.60. The molecular formula is C21H26ClN3O. The van der Waals surface area contributed by atoms with Gasteiger partial charge in [-0.15, -0.1) is 0 Å². The number of piperidine rings is 1. The molecule has 0 radical (unpaired) electrons. The van der Waals surface area contributed by atoms with Gasteiger partial charge in [0.15, 0.2) is 0 Å². The van der Waals surface area contributed by atoms with Crippen LogP contribution in [0.25, 0.3) is 0 Å². The van der Waals surface area contributed by atoms with Crippen molar-refractivity contribution in [3.63, 3.8) is 0 Å². The lowest BCUT2D eigenvalue weighted by Crippen LogP contribution is -2.29. The summed E-state index contributed by atoms with van der Waals surface area (Å²) in [6.07, 6.45) is 3.99. The normalized spacial score (nSPS) is 14.8. The lowest BCUT2D eigenvalue weighted by atomic mass is 10.1. The van der Waals surface area contributed by atoms with Crippen molar-refractivity contribution in [3.8, 4) is 0 Å². The molecule has 5 heteroatoms. The zero-order chi connectivity index (χ0) is 18.2. The third-order valence-corrected chi connectivity index (χ3v) is 5.01. The van der Waals surface area contributed by atoms with E-state index in [1.807, 2.05) is 18.2 Å². The molecule has 0 aromatic heterocycles. The summed E-state index contributed by atoms with van der Waals surface area (Å²) in [4.78, 5) is 14.5. The predicted octanol–water partition coefficient (Wildman–Crippen LogP) is 4.05. The molecule has 1 aliphatic heterocycles. The molecule has 1 heterocycles. The molecule has 1 amide bonds. The summed E-state index contributed by atoms with van der Waals surface area (Å²) < 4.78 is 0. The van der Waals surface area contributed by atoms with E-state index in [0.29, 0.717) is 11.6 Å². The third kappa shape index (κ3) is 5.75. The van der Waals surface area contributed by atoms with Crippen LogP contribution in [0.5, 0.6) is 0 Å². The maximum Gasteiger partial charge on any atom is 0.239 e. The average Bonchev–Trinajstić information content (AvgIpc) is 2.68. The molecule has 2 aromatic carbocycles. The number of para-hydroxylation sites is 1. The van der Waals surface area contributed by atoms with Crippen molar-refractivity contribution in [2.45, 2.75) is 32.4 Å². The Morgan fingerprint density at radius 1 is 0.962 bits per heavy atom. The third-order valence-electron chi connectivity index (χ3n) is 4.68. The molecule has 2 N–H and O–H groups in total. The van der Waals surface area contributed by atoms with Gasteiger partial charge in [0, 0.05) is 13.1 Å². The number of hydrogen-bond donors (Lipinski definition) is 2. The Morgan fingerprint density at radius 2 is 1.65 bits per heavy atom. The van der Waals surface area contributed by atoms with Gasteiger partial charge in [-0.1, -0.05) is 54.4 Å². The van der Waals surface area contributed by atoms with Crippen molar-refractivity contribution >= 4 is 23.2 Å². The molecule has 0 unspecified atom stereocenters. The number of benzene rings is 2. The molecule has 138 valence electrons. The number of anilines is 1. The van der Waals surface area contributed by atoms with Gasteiger partial charge in [-0.05, 0) is 49.2 Å². The smallest absolute Gasteiger partial charge is 0.239 e. The molecule has 0 atom stereocenters. The Labute approximate surface area is 160 Å². The van der Waals surface area contributed by atoms with Crippen LogP contribution < -0.4 is 10.6 Å².